The number of carbonyl (C=O) groups excluding carboxylic acids is 2. The summed E-state index contributed by atoms with van der Waals surface area (Å²) in [4.78, 5) is 27.3. The summed E-state index contributed by atoms with van der Waals surface area (Å²) in [5.74, 6) is 2.31. The van der Waals surface area contributed by atoms with Crippen LogP contribution in [0.5, 0.6) is 0 Å². The molecule has 0 aromatic rings. The van der Waals surface area contributed by atoms with Crippen molar-refractivity contribution in [1.29, 1.82) is 0 Å². The quantitative estimate of drug-likeness (QED) is 0.850. The summed E-state index contributed by atoms with van der Waals surface area (Å²) >= 11 is 0. The van der Waals surface area contributed by atoms with E-state index in [9.17, 15) is 9.59 Å². The molecule has 1 unspecified atom stereocenters. The van der Waals surface area contributed by atoms with E-state index < -0.39 is 5.41 Å². The topological polar surface area (TPSA) is 49.4 Å². The molecule has 4 nitrogen and oxygen atoms in total. The summed E-state index contributed by atoms with van der Waals surface area (Å²) in [6, 6.07) is -0.132. The number of carbonyl (C=O) groups is 2. The standard InChI is InChI=1S/C17H26N2O2/c1-3-16(2)10-18-15(21)19(14(16)20)17-7-11-4-12(8-17)6-13(5-11)9-17/h11-13H,3-10H2,1-2H3,(H,18,21). The highest BCUT2D eigenvalue weighted by atomic mass is 16.2. The third-order valence-electron chi connectivity index (χ3n) is 6.81. The van der Waals surface area contributed by atoms with Crippen molar-refractivity contribution in [3.05, 3.63) is 0 Å². The number of hydrogen-bond acceptors (Lipinski definition) is 2. The SMILES string of the molecule is CCC1(C)CNC(=O)N(C23CC4CC(CC(C4)C2)C3)C1=O. The minimum atomic E-state index is -0.419. The maximum absolute atomic E-state index is 13.1. The average Bonchev–Trinajstić information content (AvgIpc) is 2.42. The molecule has 1 N–H and O–H groups in total. The third kappa shape index (κ3) is 1.80. The predicted octanol–water partition coefficient (Wildman–Crippen LogP) is 2.92. The number of nitrogens with one attached hydrogen (secondary N) is 1. The van der Waals surface area contributed by atoms with Gasteiger partial charge in [-0.2, -0.15) is 0 Å². The first-order chi connectivity index (χ1) is 9.96. The smallest absolute Gasteiger partial charge is 0.324 e. The number of rotatable bonds is 2. The van der Waals surface area contributed by atoms with Gasteiger partial charge in [-0.3, -0.25) is 9.69 Å². The van der Waals surface area contributed by atoms with Crippen LogP contribution in [0.25, 0.3) is 0 Å². The van der Waals surface area contributed by atoms with Gasteiger partial charge < -0.3 is 5.32 Å². The predicted molar refractivity (Wildman–Crippen MR) is 79.5 cm³/mol. The monoisotopic (exact) mass is 290 g/mol. The molecule has 0 radical (unpaired) electrons. The molecule has 4 bridgehead atoms. The molecular weight excluding hydrogens is 264 g/mol. The van der Waals surface area contributed by atoms with Crippen LogP contribution in [0, 0.1) is 23.2 Å². The molecule has 4 saturated carbocycles. The molecule has 5 fully saturated rings. The number of imide groups is 1. The highest BCUT2D eigenvalue weighted by Gasteiger charge is 2.59. The Morgan fingerprint density at radius 1 is 1.10 bits per heavy atom. The van der Waals surface area contributed by atoms with Crippen LogP contribution in [0.2, 0.25) is 0 Å². The van der Waals surface area contributed by atoms with E-state index in [0.717, 1.165) is 43.4 Å². The van der Waals surface area contributed by atoms with Gasteiger partial charge >= 0.3 is 6.03 Å². The van der Waals surface area contributed by atoms with E-state index in [1.54, 1.807) is 4.90 Å². The van der Waals surface area contributed by atoms with E-state index in [4.69, 9.17) is 0 Å². The Hall–Kier alpha value is -1.06. The van der Waals surface area contributed by atoms with Gasteiger partial charge in [-0.05, 0) is 69.6 Å². The van der Waals surface area contributed by atoms with Gasteiger partial charge in [0.25, 0.3) is 0 Å². The zero-order valence-corrected chi connectivity index (χ0v) is 13.2. The molecule has 1 saturated heterocycles. The van der Waals surface area contributed by atoms with E-state index in [0.29, 0.717) is 6.54 Å². The Bertz CT molecular complexity index is 466. The fraction of sp³-hybridized carbons (Fsp3) is 0.882. The van der Waals surface area contributed by atoms with Crippen LogP contribution in [-0.4, -0.2) is 28.9 Å². The van der Waals surface area contributed by atoms with Crippen molar-refractivity contribution >= 4 is 11.9 Å². The molecule has 0 aromatic carbocycles. The highest BCUT2D eigenvalue weighted by Crippen LogP contribution is 2.58. The van der Waals surface area contributed by atoms with Crippen molar-refractivity contribution in [1.82, 2.24) is 10.2 Å². The van der Waals surface area contributed by atoms with Crippen molar-refractivity contribution in [2.75, 3.05) is 6.54 Å². The van der Waals surface area contributed by atoms with Crippen molar-refractivity contribution in [3.8, 4) is 0 Å². The first kappa shape index (κ1) is 13.6. The molecule has 4 heteroatoms. The Morgan fingerprint density at radius 3 is 2.10 bits per heavy atom. The Morgan fingerprint density at radius 2 is 1.62 bits per heavy atom. The molecule has 116 valence electrons. The first-order valence-electron chi connectivity index (χ1n) is 8.58. The lowest BCUT2D eigenvalue weighted by Gasteiger charge is -2.61. The van der Waals surface area contributed by atoms with E-state index in [1.165, 1.54) is 19.3 Å². The van der Waals surface area contributed by atoms with Crippen LogP contribution in [0.4, 0.5) is 4.79 Å². The minimum absolute atomic E-state index is 0.0794. The maximum Gasteiger partial charge on any atom is 0.324 e. The molecule has 1 heterocycles. The molecule has 4 aliphatic carbocycles. The molecule has 5 aliphatic rings. The van der Waals surface area contributed by atoms with Crippen LogP contribution in [0.3, 0.4) is 0 Å². The van der Waals surface area contributed by atoms with Gasteiger partial charge in [-0.25, -0.2) is 4.79 Å². The highest BCUT2D eigenvalue weighted by molar-refractivity contribution is 6.00. The fourth-order valence-electron chi connectivity index (χ4n) is 5.83. The van der Waals surface area contributed by atoms with Crippen molar-refractivity contribution < 1.29 is 9.59 Å². The normalized spacial score (nSPS) is 48.7. The molecule has 1 aliphatic heterocycles. The largest absolute Gasteiger partial charge is 0.337 e. The average molecular weight is 290 g/mol. The van der Waals surface area contributed by atoms with Gasteiger partial charge in [0, 0.05) is 6.54 Å². The minimum Gasteiger partial charge on any atom is -0.337 e. The van der Waals surface area contributed by atoms with Crippen LogP contribution in [0.1, 0.15) is 58.8 Å². The summed E-state index contributed by atoms with van der Waals surface area (Å²) < 4.78 is 0. The van der Waals surface area contributed by atoms with Gasteiger partial charge in [0.1, 0.15) is 0 Å². The van der Waals surface area contributed by atoms with Gasteiger partial charge in [0.05, 0.1) is 11.0 Å². The lowest BCUT2D eigenvalue weighted by atomic mass is 9.52. The summed E-state index contributed by atoms with van der Waals surface area (Å²) in [6.07, 6.45) is 7.93. The number of hydrogen-bond donors (Lipinski definition) is 1. The lowest BCUT2D eigenvalue weighted by molar-refractivity contribution is -0.155. The van der Waals surface area contributed by atoms with E-state index in [-0.39, 0.29) is 17.5 Å². The number of urea groups is 1. The fourth-order valence-corrected chi connectivity index (χ4v) is 5.83. The Balaban J connectivity index is 1.71. The second kappa shape index (κ2) is 4.23. The molecule has 1 atom stereocenters. The summed E-state index contributed by atoms with van der Waals surface area (Å²) in [6.45, 7) is 4.54. The van der Waals surface area contributed by atoms with Gasteiger partial charge in [0.2, 0.25) is 5.91 Å². The molecule has 0 spiro atoms. The zero-order valence-electron chi connectivity index (χ0n) is 13.2. The van der Waals surface area contributed by atoms with Crippen LogP contribution >= 0.6 is 0 Å². The maximum atomic E-state index is 13.1. The third-order valence-corrected chi connectivity index (χ3v) is 6.81. The van der Waals surface area contributed by atoms with Crippen LogP contribution < -0.4 is 5.32 Å². The lowest BCUT2D eigenvalue weighted by Crippen LogP contribution is -2.70. The van der Waals surface area contributed by atoms with Crippen molar-refractivity contribution in [3.63, 3.8) is 0 Å². The first-order valence-corrected chi connectivity index (χ1v) is 8.58. The summed E-state index contributed by atoms with van der Waals surface area (Å²) in [5.41, 5.74) is -0.579. The van der Waals surface area contributed by atoms with E-state index >= 15 is 0 Å². The Labute approximate surface area is 126 Å². The number of amides is 3. The van der Waals surface area contributed by atoms with Crippen molar-refractivity contribution in [2.45, 2.75) is 64.3 Å². The van der Waals surface area contributed by atoms with E-state index in [1.807, 2.05) is 13.8 Å². The molecule has 0 aromatic heterocycles. The van der Waals surface area contributed by atoms with Crippen molar-refractivity contribution in [2.24, 2.45) is 23.2 Å². The van der Waals surface area contributed by atoms with Gasteiger partial charge in [-0.15, -0.1) is 0 Å². The molecule has 21 heavy (non-hydrogen) atoms. The van der Waals surface area contributed by atoms with Crippen LogP contribution in [-0.2, 0) is 4.79 Å². The molecule has 5 rings (SSSR count). The molecular formula is C17H26N2O2. The zero-order chi connectivity index (χ0) is 14.8. The van der Waals surface area contributed by atoms with Crippen LogP contribution in [0.15, 0.2) is 0 Å². The Kier molecular flexibility index (Phi) is 2.74. The summed E-state index contributed by atoms with van der Waals surface area (Å²) in [7, 11) is 0. The van der Waals surface area contributed by atoms with Gasteiger partial charge in [0.15, 0.2) is 0 Å². The van der Waals surface area contributed by atoms with Gasteiger partial charge in [-0.1, -0.05) is 6.92 Å². The summed E-state index contributed by atoms with van der Waals surface area (Å²) in [5, 5.41) is 3.00. The second-order valence-corrected chi connectivity index (χ2v) is 8.36. The van der Waals surface area contributed by atoms with E-state index in [2.05, 4.69) is 5.32 Å². The second-order valence-electron chi connectivity index (χ2n) is 8.36. The molecule has 3 amide bonds. The number of nitrogens with zero attached hydrogens (tertiary/aromatic N) is 1.